The van der Waals surface area contributed by atoms with Crippen LogP contribution in [0, 0.1) is 0 Å². The Morgan fingerprint density at radius 1 is 1.44 bits per heavy atom. The Morgan fingerprint density at radius 3 is 2.56 bits per heavy atom. The first kappa shape index (κ1) is 8.23. The van der Waals surface area contributed by atoms with Crippen molar-refractivity contribution >= 4 is 6.16 Å². The topological polar surface area (TPSA) is 55.4 Å². The number of ether oxygens (including phenoxy) is 2. The van der Waals surface area contributed by atoms with E-state index >= 15 is 0 Å². The number of rotatable bonds is 3. The Labute approximate surface area is 53.4 Å². The fraction of sp³-hybridized carbons (Fsp3) is 0.800. The smallest absolute Gasteiger partial charge is 0.434 e. The first-order valence-corrected chi connectivity index (χ1v) is 2.69. The summed E-state index contributed by atoms with van der Waals surface area (Å²) < 4.78 is 8.30. The van der Waals surface area contributed by atoms with Crippen molar-refractivity contribution in [3.63, 3.8) is 0 Å². The highest BCUT2D eigenvalue weighted by atomic mass is 16.8. The van der Waals surface area contributed by atoms with Crippen molar-refractivity contribution in [2.24, 2.45) is 0 Å². The molecule has 0 saturated heterocycles. The molecule has 4 nitrogen and oxygen atoms in total. The molecule has 0 bridgehead atoms. The van der Waals surface area contributed by atoms with Crippen LogP contribution in [0.1, 0.15) is 13.3 Å². The van der Waals surface area contributed by atoms with Gasteiger partial charge in [-0.05, 0) is 6.42 Å². The van der Waals surface area contributed by atoms with Crippen LogP contribution in [0.2, 0.25) is 0 Å². The Morgan fingerprint density at radius 2 is 2.11 bits per heavy atom. The predicted octanol–water partition coefficient (Wildman–Crippen LogP) is 0.938. The molecule has 0 saturated carbocycles. The lowest BCUT2D eigenvalue weighted by atomic mass is 10.5. The van der Waals surface area contributed by atoms with Crippen LogP contribution in [0.25, 0.3) is 0 Å². The zero-order valence-electron chi connectivity index (χ0n) is 5.25. The van der Waals surface area contributed by atoms with Gasteiger partial charge < -0.3 is 9.47 Å². The molecular formula is C5H9O4. The summed E-state index contributed by atoms with van der Waals surface area (Å²) in [5, 5.41) is 9.58. The normalized spacial score (nSPS) is 8.67. The van der Waals surface area contributed by atoms with Gasteiger partial charge in [-0.1, -0.05) is 6.92 Å². The molecule has 0 aliphatic rings. The second kappa shape index (κ2) is 5.37. The largest absolute Gasteiger partial charge is 0.510 e. The molecule has 0 aromatic rings. The SMILES string of the molecule is CCCOC(=O)OC[O]. The summed E-state index contributed by atoms with van der Waals surface area (Å²) in [5.41, 5.74) is 0. The quantitative estimate of drug-likeness (QED) is 0.425. The first-order chi connectivity index (χ1) is 4.31. The van der Waals surface area contributed by atoms with Gasteiger partial charge in [0, 0.05) is 0 Å². The molecule has 4 heteroatoms. The van der Waals surface area contributed by atoms with Crippen molar-refractivity contribution in [2.45, 2.75) is 13.3 Å². The van der Waals surface area contributed by atoms with Crippen LogP contribution >= 0.6 is 0 Å². The summed E-state index contributed by atoms with van der Waals surface area (Å²) in [7, 11) is 0. The lowest BCUT2D eigenvalue weighted by Gasteiger charge is -1.99. The van der Waals surface area contributed by atoms with Gasteiger partial charge in [0.05, 0.1) is 6.61 Å². The summed E-state index contributed by atoms with van der Waals surface area (Å²) in [4.78, 5) is 10.2. The highest BCUT2D eigenvalue weighted by Gasteiger charge is 1.99. The maximum Gasteiger partial charge on any atom is 0.510 e. The second-order valence-electron chi connectivity index (χ2n) is 1.36. The summed E-state index contributed by atoms with van der Waals surface area (Å²) in [6, 6.07) is 0. The van der Waals surface area contributed by atoms with Gasteiger partial charge in [-0.3, -0.25) is 0 Å². The van der Waals surface area contributed by atoms with Gasteiger partial charge in [0.2, 0.25) is 6.79 Å². The third-order valence-electron chi connectivity index (χ3n) is 0.601. The Hall–Kier alpha value is -0.770. The van der Waals surface area contributed by atoms with Crippen LogP contribution in [-0.2, 0) is 14.6 Å². The van der Waals surface area contributed by atoms with Crippen LogP contribution in [0.5, 0.6) is 0 Å². The van der Waals surface area contributed by atoms with Gasteiger partial charge in [-0.2, -0.15) is 5.11 Å². The van der Waals surface area contributed by atoms with E-state index in [4.69, 9.17) is 0 Å². The maximum absolute atomic E-state index is 10.2. The summed E-state index contributed by atoms with van der Waals surface area (Å²) in [6.45, 7) is 1.28. The summed E-state index contributed by atoms with van der Waals surface area (Å²) in [5.74, 6) is 0. The lowest BCUT2D eigenvalue weighted by Crippen LogP contribution is -2.07. The van der Waals surface area contributed by atoms with E-state index in [0.717, 1.165) is 6.42 Å². The maximum atomic E-state index is 10.2. The third-order valence-corrected chi connectivity index (χ3v) is 0.601. The van der Waals surface area contributed by atoms with E-state index in [0.29, 0.717) is 6.61 Å². The van der Waals surface area contributed by atoms with Crippen molar-refractivity contribution in [2.75, 3.05) is 13.4 Å². The molecule has 0 rings (SSSR count). The summed E-state index contributed by atoms with van der Waals surface area (Å²) >= 11 is 0. The van der Waals surface area contributed by atoms with Crippen LogP contribution in [-0.4, -0.2) is 19.6 Å². The molecule has 0 atom stereocenters. The lowest BCUT2D eigenvalue weighted by molar-refractivity contribution is -0.0357. The minimum absolute atomic E-state index is 0.304. The third kappa shape index (κ3) is 5.10. The van der Waals surface area contributed by atoms with Crippen LogP contribution in [0.3, 0.4) is 0 Å². The van der Waals surface area contributed by atoms with Crippen molar-refractivity contribution < 1.29 is 19.4 Å². The zero-order chi connectivity index (χ0) is 7.11. The van der Waals surface area contributed by atoms with Gasteiger partial charge in [0.1, 0.15) is 0 Å². The van der Waals surface area contributed by atoms with Gasteiger partial charge in [0.15, 0.2) is 0 Å². The van der Waals surface area contributed by atoms with E-state index in [2.05, 4.69) is 9.47 Å². The Bertz CT molecular complexity index is 81.0. The van der Waals surface area contributed by atoms with Crippen molar-refractivity contribution in [3.8, 4) is 0 Å². The van der Waals surface area contributed by atoms with E-state index in [9.17, 15) is 9.90 Å². The molecule has 0 heterocycles. The standard InChI is InChI=1S/C5H9O4/c1-2-3-8-5(7)9-4-6/h2-4H2,1H3. The molecule has 9 heavy (non-hydrogen) atoms. The van der Waals surface area contributed by atoms with E-state index in [-0.39, 0.29) is 0 Å². The van der Waals surface area contributed by atoms with Crippen LogP contribution in [0.15, 0.2) is 0 Å². The molecule has 0 aromatic carbocycles. The number of hydrogen-bond acceptors (Lipinski definition) is 3. The molecule has 0 fully saturated rings. The van der Waals surface area contributed by atoms with E-state index in [1.54, 1.807) is 0 Å². The zero-order valence-corrected chi connectivity index (χ0v) is 5.25. The second-order valence-corrected chi connectivity index (χ2v) is 1.36. The van der Waals surface area contributed by atoms with Crippen molar-refractivity contribution in [3.05, 3.63) is 0 Å². The highest BCUT2D eigenvalue weighted by molar-refractivity contribution is 5.59. The average Bonchev–Trinajstić information content (AvgIpc) is 1.85. The molecular weight excluding hydrogens is 124 g/mol. The van der Waals surface area contributed by atoms with E-state index in [1.807, 2.05) is 6.92 Å². The molecule has 53 valence electrons. The number of hydrogen-bond donors (Lipinski definition) is 0. The molecule has 0 amide bonds. The molecule has 0 unspecified atom stereocenters. The Balaban J connectivity index is 3.06. The Kier molecular flexibility index (Phi) is 4.91. The van der Waals surface area contributed by atoms with Crippen molar-refractivity contribution in [1.29, 1.82) is 0 Å². The fourth-order valence-electron chi connectivity index (χ4n) is 0.275. The minimum Gasteiger partial charge on any atom is -0.434 e. The number of carbonyl (C=O) groups excluding carboxylic acids is 1. The van der Waals surface area contributed by atoms with Gasteiger partial charge in [-0.25, -0.2) is 4.79 Å². The predicted molar refractivity (Wildman–Crippen MR) is 28.3 cm³/mol. The molecule has 0 aliphatic carbocycles. The van der Waals surface area contributed by atoms with E-state index in [1.165, 1.54) is 0 Å². The monoisotopic (exact) mass is 133 g/mol. The minimum atomic E-state index is -0.883. The average molecular weight is 133 g/mol. The molecule has 0 aliphatic heterocycles. The van der Waals surface area contributed by atoms with E-state index < -0.39 is 12.9 Å². The van der Waals surface area contributed by atoms with Gasteiger partial charge in [0.25, 0.3) is 0 Å². The van der Waals surface area contributed by atoms with Gasteiger partial charge >= 0.3 is 6.16 Å². The molecule has 1 radical (unpaired) electrons. The van der Waals surface area contributed by atoms with Crippen LogP contribution < -0.4 is 0 Å². The summed E-state index contributed by atoms with van der Waals surface area (Å²) in [6.07, 6.45) is -0.152. The molecule has 0 N–H and O–H groups in total. The number of carbonyl (C=O) groups is 1. The fourth-order valence-corrected chi connectivity index (χ4v) is 0.275. The van der Waals surface area contributed by atoms with Gasteiger partial charge in [-0.15, -0.1) is 0 Å². The molecule has 0 aromatic heterocycles. The highest BCUT2D eigenvalue weighted by Crippen LogP contribution is 1.85. The van der Waals surface area contributed by atoms with Crippen LogP contribution in [0.4, 0.5) is 4.79 Å². The van der Waals surface area contributed by atoms with Crippen molar-refractivity contribution in [1.82, 2.24) is 0 Å². The first-order valence-electron chi connectivity index (χ1n) is 2.69. The molecule has 0 spiro atoms.